The van der Waals surface area contributed by atoms with Crippen LogP contribution >= 0.6 is 0 Å². The highest BCUT2D eigenvalue weighted by Crippen LogP contribution is 2.27. The van der Waals surface area contributed by atoms with E-state index in [1.807, 2.05) is 6.07 Å². The molecule has 0 spiro atoms. The van der Waals surface area contributed by atoms with Gasteiger partial charge in [-0.15, -0.1) is 0 Å². The standard InChI is InChI=1S/C15H18N4O/c1-3-6-16-14(15-17-9-18-19-15)13-8-11-7-10(2)4-5-12(11)20-13/h4-5,7-9,14,16H,3,6H2,1-2H3,(H,17,18,19). The van der Waals surface area contributed by atoms with Crippen molar-refractivity contribution in [2.45, 2.75) is 26.3 Å². The number of H-pyrrole nitrogens is 1. The van der Waals surface area contributed by atoms with Crippen LogP contribution < -0.4 is 5.32 Å². The molecule has 0 aliphatic heterocycles. The highest BCUT2D eigenvalue weighted by Gasteiger charge is 2.20. The molecule has 5 nitrogen and oxygen atoms in total. The molecular weight excluding hydrogens is 252 g/mol. The van der Waals surface area contributed by atoms with Crippen LogP contribution in [0, 0.1) is 6.92 Å². The summed E-state index contributed by atoms with van der Waals surface area (Å²) in [6.45, 7) is 5.10. The van der Waals surface area contributed by atoms with Gasteiger partial charge in [-0.1, -0.05) is 18.6 Å². The predicted molar refractivity (Wildman–Crippen MR) is 77.5 cm³/mol. The first-order chi connectivity index (χ1) is 9.78. The summed E-state index contributed by atoms with van der Waals surface area (Å²) in [4.78, 5) is 4.24. The van der Waals surface area contributed by atoms with Gasteiger partial charge >= 0.3 is 0 Å². The monoisotopic (exact) mass is 270 g/mol. The Kier molecular flexibility index (Phi) is 3.52. The second kappa shape index (κ2) is 5.46. The molecule has 1 atom stereocenters. The van der Waals surface area contributed by atoms with Gasteiger partial charge in [0.1, 0.15) is 29.5 Å². The van der Waals surface area contributed by atoms with Gasteiger partial charge in [0, 0.05) is 5.39 Å². The highest BCUT2D eigenvalue weighted by atomic mass is 16.3. The lowest BCUT2D eigenvalue weighted by molar-refractivity contribution is 0.457. The third-order valence-electron chi connectivity index (χ3n) is 3.28. The lowest BCUT2D eigenvalue weighted by atomic mass is 10.1. The molecule has 0 aliphatic rings. The van der Waals surface area contributed by atoms with Crippen molar-refractivity contribution >= 4 is 11.0 Å². The Morgan fingerprint density at radius 3 is 3.00 bits per heavy atom. The first-order valence-corrected chi connectivity index (χ1v) is 6.86. The van der Waals surface area contributed by atoms with Crippen LogP contribution in [0.5, 0.6) is 0 Å². The molecule has 104 valence electrons. The fraction of sp³-hybridized carbons (Fsp3) is 0.333. The quantitative estimate of drug-likeness (QED) is 0.748. The molecule has 2 aromatic heterocycles. The lowest BCUT2D eigenvalue weighted by Gasteiger charge is -2.12. The van der Waals surface area contributed by atoms with Crippen molar-refractivity contribution < 1.29 is 4.42 Å². The van der Waals surface area contributed by atoms with Crippen LogP contribution in [0.15, 0.2) is 35.0 Å². The minimum absolute atomic E-state index is 0.0924. The molecule has 0 bridgehead atoms. The molecule has 2 heterocycles. The van der Waals surface area contributed by atoms with E-state index in [-0.39, 0.29) is 6.04 Å². The summed E-state index contributed by atoms with van der Waals surface area (Å²) in [6, 6.07) is 8.16. The van der Waals surface area contributed by atoms with E-state index in [4.69, 9.17) is 4.42 Å². The molecular formula is C15H18N4O. The minimum Gasteiger partial charge on any atom is -0.459 e. The van der Waals surface area contributed by atoms with Gasteiger partial charge in [-0.05, 0) is 38.1 Å². The van der Waals surface area contributed by atoms with Gasteiger partial charge in [0.2, 0.25) is 0 Å². The molecule has 1 unspecified atom stereocenters. The second-order valence-electron chi connectivity index (χ2n) is 4.95. The summed E-state index contributed by atoms with van der Waals surface area (Å²) in [7, 11) is 0. The molecule has 0 saturated carbocycles. The normalized spacial score (nSPS) is 12.9. The largest absolute Gasteiger partial charge is 0.459 e. The maximum absolute atomic E-state index is 5.96. The van der Waals surface area contributed by atoms with E-state index in [1.54, 1.807) is 0 Å². The van der Waals surface area contributed by atoms with Gasteiger partial charge in [-0.2, -0.15) is 5.10 Å². The average Bonchev–Trinajstić information content (AvgIpc) is 3.08. The number of aromatic nitrogens is 3. The van der Waals surface area contributed by atoms with E-state index in [0.717, 1.165) is 35.5 Å². The molecule has 2 N–H and O–H groups in total. The maximum atomic E-state index is 5.96. The van der Waals surface area contributed by atoms with Crippen LogP contribution in [-0.2, 0) is 0 Å². The van der Waals surface area contributed by atoms with Crippen molar-refractivity contribution in [1.82, 2.24) is 20.5 Å². The number of furan rings is 1. The van der Waals surface area contributed by atoms with Crippen LogP contribution in [0.25, 0.3) is 11.0 Å². The van der Waals surface area contributed by atoms with Gasteiger partial charge in [0.05, 0.1) is 0 Å². The van der Waals surface area contributed by atoms with Crippen LogP contribution in [0.3, 0.4) is 0 Å². The number of benzene rings is 1. The number of rotatable bonds is 5. The Morgan fingerprint density at radius 2 is 2.25 bits per heavy atom. The van der Waals surface area contributed by atoms with Crippen LogP contribution in [0.1, 0.15) is 36.5 Å². The molecule has 3 aromatic rings. The van der Waals surface area contributed by atoms with Crippen molar-refractivity contribution in [3.63, 3.8) is 0 Å². The van der Waals surface area contributed by atoms with E-state index in [0.29, 0.717) is 0 Å². The average molecular weight is 270 g/mol. The Balaban J connectivity index is 1.99. The van der Waals surface area contributed by atoms with Crippen LogP contribution in [-0.4, -0.2) is 21.7 Å². The SMILES string of the molecule is CCCNC(c1ncn[nH]1)c1cc2cc(C)ccc2o1. The highest BCUT2D eigenvalue weighted by molar-refractivity contribution is 5.78. The number of fused-ring (bicyclic) bond motifs is 1. The first-order valence-electron chi connectivity index (χ1n) is 6.86. The number of hydrogen-bond acceptors (Lipinski definition) is 4. The van der Waals surface area contributed by atoms with Crippen molar-refractivity contribution in [2.75, 3.05) is 6.54 Å². The summed E-state index contributed by atoms with van der Waals surface area (Å²) in [5, 5.41) is 11.4. The van der Waals surface area contributed by atoms with E-state index in [2.05, 4.69) is 52.5 Å². The smallest absolute Gasteiger partial charge is 0.149 e. The number of nitrogens with one attached hydrogen (secondary N) is 2. The van der Waals surface area contributed by atoms with Crippen LogP contribution in [0.2, 0.25) is 0 Å². The Hall–Kier alpha value is -2.14. The molecule has 5 heteroatoms. The topological polar surface area (TPSA) is 66.7 Å². The Morgan fingerprint density at radius 1 is 1.35 bits per heavy atom. The van der Waals surface area contributed by atoms with Crippen LogP contribution in [0.4, 0.5) is 0 Å². The molecule has 0 amide bonds. The second-order valence-corrected chi connectivity index (χ2v) is 4.95. The molecule has 20 heavy (non-hydrogen) atoms. The van der Waals surface area contributed by atoms with E-state index in [1.165, 1.54) is 11.9 Å². The first kappa shape index (κ1) is 12.9. The van der Waals surface area contributed by atoms with Gasteiger partial charge in [0.15, 0.2) is 0 Å². The van der Waals surface area contributed by atoms with Gasteiger partial charge < -0.3 is 9.73 Å². The Labute approximate surface area is 117 Å². The number of aryl methyl sites for hydroxylation is 1. The van der Waals surface area contributed by atoms with Crippen molar-refractivity contribution in [1.29, 1.82) is 0 Å². The zero-order valence-electron chi connectivity index (χ0n) is 11.7. The van der Waals surface area contributed by atoms with E-state index >= 15 is 0 Å². The lowest BCUT2D eigenvalue weighted by Crippen LogP contribution is -2.23. The molecule has 0 saturated heterocycles. The predicted octanol–water partition coefficient (Wildman–Crippen LogP) is 2.95. The number of hydrogen-bond donors (Lipinski definition) is 2. The third kappa shape index (κ3) is 2.44. The van der Waals surface area contributed by atoms with Gasteiger partial charge in [0.25, 0.3) is 0 Å². The van der Waals surface area contributed by atoms with Crippen molar-refractivity contribution in [3.05, 3.63) is 47.7 Å². The summed E-state index contributed by atoms with van der Waals surface area (Å²) < 4.78 is 5.96. The number of aromatic amines is 1. The van der Waals surface area contributed by atoms with E-state index in [9.17, 15) is 0 Å². The summed E-state index contributed by atoms with van der Waals surface area (Å²) >= 11 is 0. The molecule has 0 aliphatic carbocycles. The summed E-state index contributed by atoms with van der Waals surface area (Å²) in [6.07, 6.45) is 2.56. The molecule has 0 radical (unpaired) electrons. The fourth-order valence-electron chi connectivity index (χ4n) is 2.30. The summed E-state index contributed by atoms with van der Waals surface area (Å²) in [5.74, 6) is 1.63. The third-order valence-corrected chi connectivity index (χ3v) is 3.28. The summed E-state index contributed by atoms with van der Waals surface area (Å²) in [5.41, 5.74) is 2.12. The van der Waals surface area contributed by atoms with Crippen molar-refractivity contribution in [2.24, 2.45) is 0 Å². The molecule has 1 aromatic carbocycles. The zero-order chi connectivity index (χ0) is 13.9. The van der Waals surface area contributed by atoms with Gasteiger partial charge in [-0.25, -0.2) is 4.98 Å². The molecule has 0 fully saturated rings. The van der Waals surface area contributed by atoms with Gasteiger partial charge in [-0.3, -0.25) is 5.10 Å². The Bertz CT molecular complexity index is 687. The molecule has 3 rings (SSSR count). The maximum Gasteiger partial charge on any atom is 0.149 e. The minimum atomic E-state index is -0.0924. The number of nitrogens with zero attached hydrogens (tertiary/aromatic N) is 2. The fourth-order valence-corrected chi connectivity index (χ4v) is 2.30. The zero-order valence-corrected chi connectivity index (χ0v) is 11.7. The van der Waals surface area contributed by atoms with E-state index < -0.39 is 0 Å². The van der Waals surface area contributed by atoms with Crippen molar-refractivity contribution in [3.8, 4) is 0 Å².